The van der Waals surface area contributed by atoms with Gasteiger partial charge in [-0.05, 0) is 44.2 Å². The zero-order valence-electron chi connectivity index (χ0n) is 13.5. The van der Waals surface area contributed by atoms with Crippen molar-refractivity contribution in [2.24, 2.45) is 21.5 Å². The number of hydrogen-bond acceptors (Lipinski definition) is 6. The Morgan fingerprint density at radius 2 is 1.91 bits per heavy atom. The molecule has 6 nitrogen and oxygen atoms in total. The number of hydrogen-bond donors (Lipinski definition) is 2. The van der Waals surface area contributed by atoms with E-state index in [1.165, 1.54) is 6.07 Å². The van der Waals surface area contributed by atoms with Crippen molar-refractivity contribution in [3.63, 3.8) is 0 Å². The van der Waals surface area contributed by atoms with E-state index in [2.05, 4.69) is 9.98 Å². The molecule has 0 atom stereocenters. The highest BCUT2D eigenvalue weighted by atomic mass is 19.1. The van der Waals surface area contributed by atoms with Crippen molar-refractivity contribution >= 4 is 17.6 Å². The minimum absolute atomic E-state index is 0.153. The van der Waals surface area contributed by atoms with Crippen LogP contribution in [0.4, 0.5) is 10.1 Å². The predicted molar refractivity (Wildman–Crippen MR) is 89.2 cm³/mol. The van der Waals surface area contributed by atoms with Crippen LogP contribution in [-0.4, -0.2) is 24.7 Å². The molecule has 124 valence electrons. The highest BCUT2D eigenvalue weighted by Gasteiger charge is 2.43. The van der Waals surface area contributed by atoms with Crippen LogP contribution in [0.25, 0.3) is 0 Å². The van der Waals surface area contributed by atoms with E-state index >= 15 is 0 Å². The van der Waals surface area contributed by atoms with Crippen LogP contribution >= 0.6 is 0 Å². The lowest BCUT2D eigenvalue weighted by Crippen LogP contribution is -2.58. The Hall–Kier alpha value is -2.31. The monoisotopic (exact) mass is 319 g/mol. The van der Waals surface area contributed by atoms with Gasteiger partial charge in [0.15, 0.2) is 0 Å². The van der Waals surface area contributed by atoms with E-state index in [0.29, 0.717) is 11.4 Å². The summed E-state index contributed by atoms with van der Waals surface area (Å²) < 4.78 is 20.0. The summed E-state index contributed by atoms with van der Waals surface area (Å²) in [6.07, 6.45) is 4.64. The zero-order valence-corrected chi connectivity index (χ0v) is 13.5. The van der Waals surface area contributed by atoms with Crippen LogP contribution in [0.1, 0.15) is 37.7 Å². The van der Waals surface area contributed by atoms with Crippen LogP contribution in [0.3, 0.4) is 0 Å². The maximum Gasteiger partial charge on any atom is 0.220 e. The van der Waals surface area contributed by atoms with Gasteiger partial charge < -0.3 is 16.2 Å². The number of nitrogens with zero attached hydrogens (tertiary/aromatic N) is 3. The van der Waals surface area contributed by atoms with E-state index < -0.39 is 5.66 Å². The van der Waals surface area contributed by atoms with Gasteiger partial charge in [0, 0.05) is 6.07 Å². The molecule has 23 heavy (non-hydrogen) atoms. The standard InChI is InChI=1S/C16H22FN5O/c1-10-8-11(17)12(9-13(10)23-2)22-15(19)20-14(18)21-16(22)6-4-3-5-7-16/h8-9H,3-7H2,1-2H3,(H4,18,19,20,21). The summed E-state index contributed by atoms with van der Waals surface area (Å²) in [7, 11) is 1.56. The number of rotatable bonds is 2. The van der Waals surface area contributed by atoms with Gasteiger partial charge >= 0.3 is 0 Å². The Labute approximate surface area is 135 Å². The number of benzene rings is 1. The van der Waals surface area contributed by atoms with Gasteiger partial charge in [0.1, 0.15) is 17.2 Å². The quantitative estimate of drug-likeness (QED) is 0.875. The summed E-state index contributed by atoms with van der Waals surface area (Å²) in [5, 5.41) is 0. The molecule has 1 aliphatic heterocycles. The molecule has 4 N–H and O–H groups in total. The minimum atomic E-state index is -0.657. The fraction of sp³-hybridized carbons (Fsp3) is 0.500. The Morgan fingerprint density at radius 3 is 2.57 bits per heavy atom. The molecule has 3 rings (SSSR count). The van der Waals surface area contributed by atoms with Gasteiger partial charge in [-0.2, -0.15) is 4.99 Å². The molecule has 0 unspecified atom stereocenters. The fourth-order valence-corrected chi connectivity index (χ4v) is 3.50. The molecule has 1 spiro atoms. The Morgan fingerprint density at radius 1 is 1.22 bits per heavy atom. The van der Waals surface area contributed by atoms with Gasteiger partial charge in [0.2, 0.25) is 11.9 Å². The molecule has 1 aromatic rings. The number of methoxy groups -OCH3 is 1. The second-order valence-corrected chi connectivity index (χ2v) is 6.09. The van der Waals surface area contributed by atoms with Crippen LogP contribution in [0, 0.1) is 12.7 Å². The number of aliphatic imine (C=N–C) groups is 2. The molecular formula is C16H22FN5O. The van der Waals surface area contributed by atoms with Gasteiger partial charge in [-0.25, -0.2) is 9.38 Å². The topological polar surface area (TPSA) is 89.2 Å². The normalized spacial score (nSPS) is 20.2. The first-order valence-electron chi connectivity index (χ1n) is 7.81. The van der Waals surface area contributed by atoms with E-state index in [4.69, 9.17) is 16.2 Å². The summed E-state index contributed by atoms with van der Waals surface area (Å²) >= 11 is 0. The Balaban J connectivity index is 2.14. The number of aryl methyl sites for hydroxylation is 1. The first-order chi connectivity index (χ1) is 11.0. The second kappa shape index (κ2) is 5.72. The van der Waals surface area contributed by atoms with E-state index in [0.717, 1.165) is 37.7 Å². The van der Waals surface area contributed by atoms with E-state index in [-0.39, 0.29) is 17.7 Å². The van der Waals surface area contributed by atoms with Crippen molar-refractivity contribution in [1.29, 1.82) is 0 Å². The summed E-state index contributed by atoms with van der Waals surface area (Å²) in [5.41, 5.74) is 12.3. The SMILES string of the molecule is COc1cc(N2C(N)=NC(N)=NC23CCCCC3)c(F)cc1C. The summed E-state index contributed by atoms with van der Waals surface area (Å²) in [6, 6.07) is 3.10. The third-order valence-corrected chi connectivity index (χ3v) is 4.56. The van der Waals surface area contributed by atoms with Crippen LogP contribution in [0.5, 0.6) is 5.75 Å². The molecular weight excluding hydrogens is 297 g/mol. The van der Waals surface area contributed by atoms with Crippen molar-refractivity contribution < 1.29 is 9.13 Å². The lowest BCUT2D eigenvalue weighted by Gasteiger charge is -2.45. The summed E-state index contributed by atoms with van der Waals surface area (Å²) in [5.74, 6) is 0.550. The highest BCUT2D eigenvalue weighted by Crippen LogP contribution is 2.41. The van der Waals surface area contributed by atoms with Gasteiger partial charge in [0.25, 0.3) is 0 Å². The number of nitrogens with two attached hydrogens (primary N) is 2. The van der Waals surface area contributed by atoms with Crippen molar-refractivity contribution in [3.05, 3.63) is 23.5 Å². The zero-order chi connectivity index (χ0) is 16.6. The molecule has 1 saturated carbocycles. The van der Waals surface area contributed by atoms with E-state index in [1.807, 2.05) is 0 Å². The largest absolute Gasteiger partial charge is 0.496 e. The number of ether oxygens (including phenoxy) is 1. The first-order valence-corrected chi connectivity index (χ1v) is 7.81. The predicted octanol–water partition coefficient (Wildman–Crippen LogP) is 2.25. The maximum absolute atomic E-state index is 14.7. The van der Waals surface area contributed by atoms with Crippen LogP contribution in [0.2, 0.25) is 0 Å². The maximum atomic E-state index is 14.7. The molecule has 7 heteroatoms. The second-order valence-electron chi connectivity index (χ2n) is 6.09. The molecule has 0 amide bonds. The molecule has 0 bridgehead atoms. The van der Waals surface area contributed by atoms with Crippen molar-refractivity contribution in [1.82, 2.24) is 0 Å². The molecule has 0 aromatic heterocycles. The Bertz CT molecular complexity index is 679. The van der Waals surface area contributed by atoms with E-state index in [1.54, 1.807) is 25.0 Å². The van der Waals surface area contributed by atoms with Gasteiger partial charge in [-0.3, -0.25) is 4.90 Å². The first kappa shape index (κ1) is 15.6. The third-order valence-electron chi connectivity index (χ3n) is 4.56. The molecule has 0 saturated heterocycles. The van der Waals surface area contributed by atoms with Crippen molar-refractivity contribution in [2.75, 3.05) is 12.0 Å². The molecule has 1 heterocycles. The average molecular weight is 319 g/mol. The lowest BCUT2D eigenvalue weighted by molar-refractivity contribution is 0.303. The van der Waals surface area contributed by atoms with Crippen LogP contribution < -0.4 is 21.1 Å². The fourth-order valence-electron chi connectivity index (χ4n) is 3.50. The number of halogens is 1. The third kappa shape index (κ3) is 2.60. The number of guanidine groups is 2. The highest BCUT2D eigenvalue weighted by molar-refractivity contribution is 6.05. The molecule has 2 aliphatic rings. The smallest absolute Gasteiger partial charge is 0.220 e. The van der Waals surface area contributed by atoms with Crippen molar-refractivity contribution in [3.8, 4) is 5.75 Å². The molecule has 1 aliphatic carbocycles. The van der Waals surface area contributed by atoms with Crippen molar-refractivity contribution in [2.45, 2.75) is 44.7 Å². The molecule has 0 radical (unpaired) electrons. The van der Waals surface area contributed by atoms with Gasteiger partial charge in [0.05, 0.1) is 12.8 Å². The van der Waals surface area contributed by atoms with E-state index in [9.17, 15) is 4.39 Å². The minimum Gasteiger partial charge on any atom is -0.496 e. The summed E-state index contributed by atoms with van der Waals surface area (Å²) in [4.78, 5) is 10.3. The van der Waals surface area contributed by atoms with Crippen LogP contribution in [0.15, 0.2) is 22.1 Å². The van der Waals surface area contributed by atoms with Crippen LogP contribution in [-0.2, 0) is 0 Å². The Kier molecular flexibility index (Phi) is 3.87. The lowest BCUT2D eigenvalue weighted by atomic mass is 9.87. The number of anilines is 1. The molecule has 1 fully saturated rings. The molecule has 1 aromatic carbocycles. The van der Waals surface area contributed by atoms with Gasteiger partial charge in [-0.15, -0.1) is 0 Å². The van der Waals surface area contributed by atoms with Gasteiger partial charge in [-0.1, -0.05) is 6.42 Å². The average Bonchev–Trinajstić information content (AvgIpc) is 2.49. The summed E-state index contributed by atoms with van der Waals surface area (Å²) in [6.45, 7) is 1.80.